The van der Waals surface area contributed by atoms with Crippen LogP contribution in [0.1, 0.15) is 0 Å². The summed E-state index contributed by atoms with van der Waals surface area (Å²) < 4.78 is 2.32. The van der Waals surface area contributed by atoms with E-state index in [-0.39, 0.29) is 0 Å². The summed E-state index contributed by atoms with van der Waals surface area (Å²) in [5.74, 6) is 0. The molecule has 7 rings (SSSR count). The molecule has 0 radical (unpaired) electrons. The molecule has 0 aliphatic heterocycles. The van der Waals surface area contributed by atoms with Crippen LogP contribution >= 0.6 is 0 Å². The topological polar surface area (TPSA) is 43.1 Å². The Morgan fingerprint density at radius 3 is 2.17 bits per heavy atom. The minimum Gasteiger partial charge on any atom is -0.306 e. The number of hydrogen-bond donors (Lipinski definition) is 0. The number of benzene rings is 3. The van der Waals surface area contributed by atoms with Crippen LogP contribution in [0.15, 0.2) is 122 Å². The zero-order valence-electron chi connectivity index (χ0n) is 18.8. The Morgan fingerprint density at radius 1 is 0.543 bits per heavy atom. The second kappa shape index (κ2) is 7.89. The van der Waals surface area contributed by atoms with Gasteiger partial charge in [-0.15, -0.1) is 0 Å². The summed E-state index contributed by atoms with van der Waals surface area (Å²) in [6, 6.07) is 35.6. The average molecular weight is 449 g/mol. The fraction of sp³-hybridized carbons (Fsp3) is 0. The van der Waals surface area contributed by atoms with Gasteiger partial charge in [-0.05, 0) is 54.1 Å². The molecule has 164 valence electrons. The second-order valence-corrected chi connectivity index (χ2v) is 8.59. The van der Waals surface area contributed by atoms with E-state index in [1.54, 1.807) is 6.20 Å². The van der Waals surface area contributed by atoms with Crippen LogP contribution in [0, 0.1) is 0 Å². The van der Waals surface area contributed by atoms with E-state index < -0.39 is 0 Å². The Morgan fingerprint density at radius 2 is 1.29 bits per heavy atom. The van der Waals surface area contributed by atoms with Crippen LogP contribution in [0.4, 0.5) is 0 Å². The van der Waals surface area contributed by atoms with Crippen molar-refractivity contribution in [2.24, 2.45) is 0 Å². The summed E-state index contributed by atoms with van der Waals surface area (Å²) in [6.45, 7) is 0. The van der Waals surface area contributed by atoms with Crippen LogP contribution in [-0.2, 0) is 0 Å². The summed E-state index contributed by atoms with van der Waals surface area (Å²) in [4.78, 5) is 14.0. The molecule has 0 bridgehead atoms. The van der Waals surface area contributed by atoms with E-state index in [0.717, 1.165) is 44.6 Å². The third-order valence-corrected chi connectivity index (χ3v) is 6.51. The van der Waals surface area contributed by atoms with Gasteiger partial charge in [0.25, 0.3) is 0 Å². The first-order valence-corrected chi connectivity index (χ1v) is 11.6. The molecule has 0 aliphatic rings. The molecular formula is C31H20N4. The maximum atomic E-state index is 4.94. The van der Waals surface area contributed by atoms with Crippen molar-refractivity contribution < 1.29 is 0 Å². The minimum absolute atomic E-state index is 0.913. The maximum absolute atomic E-state index is 4.94. The zero-order chi connectivity index (χ0) is 23.2. The molecule has 4 nitrogen and oxygen atoms in total. The van der Waals surface area contributed by atoms with Crippen LogP contribution in [0.2, 0.25) is 0 Å². The first-order chi connectivity index (χ1) is 17.4. The third kappa shape index (κ3) is 3.19. The van der Waals surface area contributed by atoms with Gasteiger partial charge in [-0.1, -0.05) is 54.6 Å². The fourth-order valence-electron chi connectivity index (χ4n) is 4.94. The largest absolute Gasteiger partial charge is 0.306 e. The van der Waals surface area contributed by atoms with E-state index in [0.29, 0.717) is 0 Å². The Kier molecular flexibility index (Phi) is 4.42. The Hall–Kier alpha value is -4.83. The molecular weight excluding hydrogens is 428 g/mol. The van der Waals surface area contributed by atoms with Crippen molar-refractivity contribution in [3.05, 3.63) is 122 Å². The average Bonchev–Trinajstić information content (AvgIpc) is 3.29. The SMILES string of the molecule is c1cncc(-c2cccc(-c3cccc(-c4c5ccccc5n5c4cnc4ccccc45)c3)n2)c1. The molecule has 4 heteroatoms. The molecule has 0 fully saturated rings. The van der Waals surface area contributed by atoms with Gasteiger partial charge in [0.05, 0.1) is 39.7 Å². The van der Waals surface area contributed by atoms with Gasteiger partial charge in [0.2, 0.25) is 0 Å². The molecule has 3 aromatic carbocycles. The molecule has 35 heavy (non-hydrogen) atoms. The Labute approximate surface area is 202 Å². The monoisotopic (exact) mass is 448 g/mol. The lowest BCUT2D eigenvalue weighted by Crippen LogP contribution is -1.91. The Bertz CT molecular complexity index is 1850. The van der Waals surface area contributed by atoms with Crippen molar-refractivity contribution in [1.29, 1.82) is 0 Å². The second-order valence-electron chi connectivity index (χ2n) is 8.59. The quantitative estimate of drug-likeness (QED) is 0.282. The molecule has 7 aromatic rings. The summed E-state index contributed by atoms with van der Waals surface area (Å²) in [7, 11) is 0. The number of aromatic nitrogens is 4. The van der Waals surface area contributed by atoms with E-state index in [1.165, 1.54) is 16.5 Å². The molecule has 4 aromatic heterocycles. The molecule has 4 heterocycles. The van der Waals surface area contributed by atoms with Gasteiger partial charge in [0, 0.05) is 34.5 Å². The standard InChI is InChI=1S/C31H20N4/c1-3-15-28-24(11-1)31(30-20-33-27-12-2-4-16-29(27)35(28)30)22-9-5-8-21(18-22)25-13-6-14-26(34-25)23-10-7-17-32-19-23/h1-20H. The van der Waals surface area contributed by atoms with Gasteiger partial charge in [0.1, 0.15) is 0 Å². The number of fused-ring (bicyclic) bond motifs is 5. The molecule has 0 saturated carbocycles. The summed E-state index contributed by atoms with van der Waals surface area (Å²) >= 11 is 0. The highest BCUT2D eigenvalue weighted by molar-refractivity contribution is 6.08. The normalized spacial score (nSPS) is 11.4. The van der Waals surface area contributed by atoms with Crippen molar-refractivity contribution in [1.82, 2.24) is 19.4 Å². The first kappa shape index (κ1) is 19.6. The number of hydrogen-bond acceptors (Lipinski definition) is 3. The fourth-order valence-corrected chi connectivity index (χ4v) is 4.94. The van der Waals surface area contributed by atoms with Crippen molar-refractivity contribution >= 4 is 27.5 Å². The van der Waals surface area contributed by atoms with E-state index in [1.807, 2.05) is 36.7 Å². The maximum Gasteiger partial charge on any atom is 0.0871 e. The van der Waals surface area contributed by atoms with Gasteiger partial charge in [-0.3, -0.25) is 9.97 Å². The van der Waals surface area contributed by atoms with Crippen molar-refractivity contribution in [2.45, 2.75) is 0 Å². The van der Waals surface area contributed by atoms with Crippen LogP contribution in [0.25, 0.3) is 61.1 Å². The van der Waals surface area contributed by atoms with Crippen LogP contribution in [0.3, 0.4) is 0 Å². The summed E-state index contributed by atoms with van der Waals surface area (Å²) in [5.41, 5.74) is 10.6. The summed E-state index contributed by atoms with van der Waals surface area (Å²) in [6.07, 6.45) is 5.62. The highest BCUT2D eigenvalue weighted by atomic mass is 14.9. The van der Waals surface area contributed by atoms with Crippen molar-refractivity contribution in [2.75, 3.05) is 0 Å². The Balaban J connectivity index is 1.45. The van der Waals surface area contributed by atoms with E-state index in [2.05, 4.69) is 88.2 Å². The predicted octanol–water partition coefficient (Wildman–Crippen LogP) is 7.43. The third-order valence-electron chi connectivity index (χ3n) is 6.51. The van der Waals surface area contributed by atoms with Crippen LogP contribution in [-0.4, -0.2) is 19.4 Å². The number of para-hydroxylation sites is 3. The number of pyridine rings is 2. The van der Waals surface area contributed by atoms with Gasteiger partial charge < -0.3 is 4.40 Å². The van der Waals surface area contributed by atoms with E-state index >= 15 is 0 Å². The number of nitrogens with zero attached hydrogens (tertiary/aromatic N) is 4. The molecule has 0 atom stereocenters. The molecule has 0 amide bonds. The lowest BCUT2D eigenvalue weighted by atomic mass is 9.99. The van der Waals surface area contributed by atoms with Crippen LogP contribution < -0.4 is 0 Å². The smallest absolute Gasteiger partial charge is 0.0871 e. The minimum atomic E-state index is 0.913. The van der Waals surface area contributed by atoms with Gasteiger partial charge in [0.15, 0.2) is 0 Å². The highest BCUT2D eigenvalue weighted by Crippen LogP contribution is 2.38. The lowest BCUT2D eigenvalue weighted by molar-refractivity contribution is 1.27. The first-order valence-electron chi connectivity index (χ1n) is 11.6. The van der Waals surface area contributed by atoms with Gasteiger partial charge in [-0.25, -0.2) is 4.98 Å². The van der Waals surface area contributed by atoms with Crippen molar-refractivity contribution in [3.63, 3.8) is 0 Å². The highest BCUT2D eigenvalue weighted by Gasteiger charge is 2.16. The zero-order valence-corrected chi connectivity index (χ0v) is 18.8. The number of rotatable bonds is 3. The molecule has 0 aliphatic carbocycles. The summed E-state index contributed by atoms with van der Waals surface area (Å²) in [5, 5.41) is 1.21. The van der Waals surface area contributed by atoms with Gasteiger partial charge in [-0.2, -0.15) is 0 Å². The van der Waals surface area contributed by atoms with Crippen LogP contribution in [0.5, 0.6) is 0 Å². The molecule has 0 spiro atoms. The van der Waals surface area contributed by atoms with Gasteiger partial charge >= 0.3 is 0 Å². The van der Waals surface area contributed by atoms with E-state index in [4.69, 9.17) is 9.97 Å². The van der Waals surface area contributed by atoms with E-state index in [9.17, 15) is 0 Å². The molecule has 0 N–H and O–H groups in total. The lowest BCUT2D eigenvalue weighted by Gasteiger charge is -2.08. The molecule has 0 unspecified atom stereocenters. The molecule has 0 saturated heterocycles. The predicted molar refractivity (Wildman–Crippen MR) is 142 cm³/mol. The van der Waals surface area contributed by atoms with Crippen molar-refractivity contribution in [3.8, 4) is 33.6 Å².